The number of ether oxygens (including phenoxy) is 4. The summed E-state index contributed by atoms with van der Waals surface area (Å²) in [6.45, 7) is 6.10. The van der Waals surface area contributed by atoms with Gasteiger partial charge >= 0.3 is 5.97 Å². The molecule has 1 aliphatic heterocycles. The van der Waals surface area contributed by atoms with E-state index in [9.17, 15) is 14.4 Å². The van der Waals surface area contributed by atoms with Crippen molar-refractivity contribution in [3.63, 3.8) is 0 Å². The van der Waals surface area contributed by atoms with E-state index in [0.717, 1.165) is 38.4 Å². The Bertz CT molecular complexity index is 2270. The second-order valence-electron chi connectivity index (χ2n) is 14.0. The van der Waals surface area contributed by atoms with Crippen LogP contribution in [-0.4, -0.2) is 76.6 Å². The fraction of sp³-hybridized carbons (Fsp3) is 0.350. The predicted octanol–water partition coefficient (Wildman–Crippen LogP) is 5.35. The molecule has 2 fully saturated rings. The first-order valence-electron chi connectivity index (χ1n) is 17.9. The molecule has 5 aromatic rings. The first-order valence-corrected chi connectivity index (χ1v) is 17.9. The molecule has 1 saturated heterocycles. The summed E-state index contributed by atoms with van der Waals surface area (Å²) in [4.78, 5) is 45.4. The highest BCUT2D eigenvalue weighted by atomic mass is 19.1. The number of nitrogens with one attached hydrogen (secondary N) is 1. The Morgan fingerprint density at radius 3 is 2.54 bits per heavy atom. The lowest BCUT2D eigenvalue weighted by Crippen LogP contribution is -2.36. The molecule has 1 aliphatic carbocycles. The van der Waals surface area contributed by atoms with Gasteiger partial charge in [-0.25, -0.2) is 9.07 Å². The number of carbonyl (C=O) groups is 2. The molecule has 282 valence electrons. The Morgan fingerprint density at radius 1 is 1.06 bits per heavy atom. The minimum absolute atomic E-state index is 0.0449. The number of anilines is 1. The fourth-order valence-electron chi connectivity index (χ4n) is 7.02. The molecular formula is C40H43FN6O7. The van der Waals surface area contributed by atoms with E-state index in [2.05, 4.69) is 15.2 Å². The summed E-state index contributed by atoms with van der Waals surface area (Å²) in [6.07, 6.45) is 4.27. The highest BCUT2D eigenvalue weighted by Gasteiger charge is 2.56. The van der Waals surface area contributed by atoms with Crippen molar-refractivity contribution in [2.75, 3.05) is 38.7 Å². The highest BCUT2D eigenvalue weighted by molar-refractivity contribution is 6.05. The first-order chi connectivity index (χ1) is 26.0. The molecule has 1 spiro atoms. The van der Waals surface area contributed by atoms with Crippen LogP contribution in [0.2, 0.25) is 0 Å². The highest BCUT2D eigenvalue weighted by Crippen LogP contribution is 2.54. The van der Waals surface area contributed by atoms with Gasteiger partial charge in [0.15, 0.2) is 23.1 Å². The van der Waals surface area contributed by atoms with Gasteiger partial charge in [0.1, 0.15) is 23.5 Å². The van der Waals surface area contributed by atoms with E-state index < -0.39 is 23.3 Å². The molecule has 1 saturated carbocycles. The number of esters is 1. The number of fused-ring (bicyclic) bond motifs is 1. The number of para-hydroxylation sites is 1. The fourth-order valence-corrected chi connectivity index (χ4v) is 7.02. The van der Waals surface area contributed by atoms with Crippen LogP contribution >= 0.6 is 0 Å². The smallest absolute Gasteiger partial charge is 0.322 e. The Balaban J connectivity index is 0.994. The van der Waals surface area contributed by atoms with Crippen LogP contribution in [0.25, 0.3) is 16.6 Å². The molecular weight excluding hydrogens is 695 g/mol. The van der Waals surface area contributed by atoms with Crippen molar-refractivity contribution in [2.24, 2.45) is 18.2 Å². The van der Waals surface area contributed by atoms with Gasteiger partial charge < -0.3 is 30.0 Å². The number of carbonyl (C=O) groups excluding carboxylic acids is 2. The average molecular weight is 739 g/mol. The number of methoxy groups -OCH3 is 1. The minimum atomic E-state index is -0.722. The summed E-state index contributed by atoms with van der Waals surface area (Å²) in [7, 11) is 3.23. The van der Waals surface area contributed by atoms with Crippen LogP contribution in [0.15, 0.2) is 77.7 Å². The van der Waals surface area contributed by atoms with Crippen molar-refractivity contribution in [3.8, 4) is 28.7 Å². The SMILES string of the molecule is COc1cc2c(Oc3ccc(NC(=O)c4c(C)n(C)n(-c5ccccc5)c4=O)cc3F)ccnc2cc1OCCCN1CC(OC(=O)[C@H](C)N)C2(CC2)C1. The molecule has 2 aromatic heterocycles. The zero-order valence-corrected chi connectivity index (χ0v) is 30.6. The largest absolute Gasteiger partial charge is 0.493 e. The molecule has 1 amide bonds. The number of nitrogens with two attached hydrogens (primary N) is 1. The summed E-state index contributed by atoms with van der Waals surface area (Å²) < 4.78 is 42.0. The van der Waals surface area contributed by atoms with Crippen LogP contribution in [0.3, 0.4) is 0 Å². The number of aromatic nitrogens is 3. The lowest BCUT2D eigenvalue weighted by molar-refractivity contribution is -0.152. The number of halogens is 1. The van der Waals surface area contributed by atoms with Crippen LogP contribution in [0.1, 0.15) is 42.2 Å². The number of rotatable bonds is 13. The van der Waals surface area contributed by atoms with Crippen molar-refractivity contribution in [1.29, 1.82) is 0 Å². The zero-order chi connectivity index (χ0) is 38.1. The Labute approximate surface area is 311 Å². The molecule has 3 N–H and O–H groups in total. The van der Waals surface area contributed by atoms with Crippen LogP contribution in [0.5, 0.6) is 23.0 Å². The normalized spacial score (nSPS) is 16.7. The van der Waals surface area contributed by atoms with E-state index in [1.54, 1.807) is 74.2 Å². The van der Waals surface area contributed by atoms with Crippen molar-refractivity contribution in [3.05, 3.63) is 100 Å². The monoisotopic (exact) mass is 738 g/mol. The average Bonchev–Trinajstić information content (AvgIpc) is 3.80. The minimum Gasteiger partial charge on any atom is -0.493 e. The van der Waals surface area contributed by atoms with Crippen LogP contribution in [0, 0.1) is 18.2 Å². The maximum absolute atomic E-state index is 15.4. The molecule has 3 heterocycles. The molecule has 2 atom stereocenters. The number of amides is 1. The lowest BCUT2D eigenvalue weighted by Gasteiger charge is -2.19. The van der Waals surface area contributed by atoms with Crippen LogP contribution in [-0.2, 0) is 16.6 Å². The molecule has 14 heteroatoms. The molecule has 13 nitrogen and oxygen atoms in total. The van der Waals surface area contributed by atoms with E-state index >= 15 is 4.39 Å². The van der Waals surface area contributed by atoms with Gasteiger partial charge in [0.05, 0.1) is 30.6 Å². The summed E-state index contributed by atoms with van der Waals surface area (Å²) in [5, 5.41) is 3.22. The number of hydrogen-bond donors (Lipinski definition) is 2. The van der Waals surface area contributed by atoms with E-state index in [1.807, 2.05) is 6.07 Å². The summed E-state index contributed by atoms with van der Waals surface area (Å²) >= 11 is 0. The Morgan fingerprint density at radius 2 is 1.83 bits per heavy atom. The number of hydrogen-bond acceptors (Lipinski definition) is 10. The standard InChI is InChI=1S/C40H43FN6O7/c1-24(42)39(50)54-35-22-46(23-40(35)14-15-40)17-8-18-52-34-21-30-28(20-33(34)51-4)31(13-16-43-30)53-32-12-11-26(19-29(32)41)44-37(48)36-25(2)45(3)47(38(36)49)27-9-6-5-7-10-27/h5-7,9-13,16,19-21,24,35H,8,14-15,17-18,22-23,42H2,1-4H3,(H,44,48)/t24-,35?/m0/s1. The van der Waals surface area contributed by atoms with Crippen molar-refractivity contribution >= 4 is 28.5 Å². The molecule has 54 heavy (non-hydrogen) atoms. The second kappa shape index (κ2) is 15.0. The summed E-state index contributed by atoms with van der Waals surface area (Å²) in [5.41, 5.74) is 7.02. The van der Waals surface area contributed by atoms with E-state index in [1.165, 1.54) is 23.9 Å². The number of benzene rings is 3. The molecule has 3 aromatic carbocycles. The van der Waals surface area contributed by atoms with Gasteiger partial charge in [0, 0.05) is 61.5 Å². The van der Waals surface area contributed by atoms with E-state index in [4.69, 9.17) is 24.7 Å². The van der Waals surface area contributed by atoms with Crippen molar-refractivity contribution in [1.82, 2.24) is 19.2 Å². The number of likely N-dealkylation sites (tertiary alicyclic amines) is 1. The third-order valence-corrected chi connectivity index (χ3v) is 10.2. The van der Waals surface area contributed by atoms with Gasteiger partial charge in [-0.3, -0.25) is 28.9 Å². The Hall–Kier alpha value is -5.73. The van der Waals surface area contributed by atoms with Crippen molar-refractivity contribution < 1.29 is 32.9 Å². The summed E-state index contributed by atoms with van der Waals surface area (Å²) in [5.74, 6) is -0.507. The molecule has 2 aliphatic rings. The third-order valence-electron chi connectivity index (χ3n) is 10.2. The second-order valence-corrected chi connectivity index (χ2v) is 14.0. The summed E-state index contributed by atoms with van der Waals surface area (Å²) in [6, 6.07) is 17.5. The molecule has 7 rings (SSSR count). The van der Waals surface area contributed by atoms with Gasteiger partial charge in [-0.15, -0.1) is 0 Å². The molecule has 1 unspecified atom stereocenters. The number of pyridine rings is 1. The first kappa shape index (κ1) is 36.6. The quantitative estimate of drug-likeness (QED) is 0.120. The molecule has 0 bridgehead atoms. The maximum atomic E-state index is 15.4. The topological polar surface area (TPSA) is 152 Å². The maximum Gasteiger partial charge on any atom is 0.322 e. The van der Waals surface area contributed by atoms with Crippen molar-refractivity contribution in [2.45, 2.75) is 45.3 Å². The third kappa shape index (κ3) is 7.26. The van der Waals surface area contributed by atoms with E-state index in [0.29, 0.717) is 52.7 Å². The van der Waals surface area contributed by atoms with Crippen LogP contribution < -0.4 is 30.8 Å². The van der Waals surface area contributed by atoms with Gasteiger partial charge in [-0.1, -0.05) is 18.2 Å². The van der Waals surface area contributed by atoms with Gasteiger partial charge in [0.2, 0.25) is 0 Å². The Kier molecular flexibility index (Phi) is 10.1. The molecule has 0 radical (unpaired) electrons. The van der Waals surface area contributed by atoms with Gasteiger partial charge in [-0.2, -0.15) is 0 Å². The van der Waals surface area contributed by atoms with Gasteiger partial charge in [-0.05, 0) is 69.5 Å². The van der Waals surface area contributed by atoms with Crippen LogP contribution in [0.4, 0.5) is 10.1 Å². The number of nitrogens with zero attached hydrogens (tertiary/aromatic N) is 4. The van der Waals surface area contributed by atoms with E-state index in [-0.39, 0.29) is 34.5 Å². The predicted molar refractivity (Wildman–Crippen MR) is 200 cm³/mol. The lowest BCUT2D eigenvalue weighted by atomic mass is 10.0. The zero-order valence-electron chi connectivity index (χ0n) is 30.6. The van der Waals surface area contributed by atoms with Gasteiger partial charge in [0.25, 0.3) is 11.5 Å².